The van der Waals surface area contributed by atoms with Crippen LogP contribution in [-0.4, -0.2) is 12.7 Å². The van der Waals surface area contributed by atoms with Crippen LogP contribution >= 0.6 is 0 Å². The summed E-state index contributed by atoms with van der Waals surface area (Å²) < 4.78 is 32.9. The molecule has 0 radical (unpaired) electrons. The average Bonchev–Trinajstić information content (AvgIpc) is 2.47. The zero-order chi connectivity index (χ0) is 16.6. The molecule has 1 aromatic carbocycles. The molecule has 1 atom stereocenters. The lowest BCUT2D eigenvalue weighted by molar-refractivity contribution is -0.00541. The number of hydrogen-bond acceptors (Lipinski definition) is 1. The monoisotopic (exact) mass is 312 g/mol. The van der Waals surface area contributed by atoms with Gasteiger partial charge in [0.05, 0.1) is 5.60 Å². The fraction of sp³-hybridized carbons (Fsp3) is 0.684. The van der Waals surface area contributed by atoms with Crippen LogP contribution in [0.25, 0.3) is 0 Å². The topological polar surface area (TPSA) is 9.23 Å². The number of methoxy groups -OCH3 is 1. The normalized spacial score (nSPS) is 13.4. The third-order valence-electron chi connectivity index (χ3n) is 4.55. The van der Waals surface area contributed by atoms with Gasteiger partial charge in [0.25, 0.3) is 0 Å². The molecule has 0 aromatic heterocycles. The van der Waals surface area contributed by atoms with Crippen molar-refractivity contribution in [2.24, 2.45) is 0 Å². The van der Waals surface area contributed by atoms with Crippen LogP contribution in [-0.2, 0) is 4.74 Å². The Kier molecular flexibility index (Phi) is 8.02. The van der Waals surface area contributed by atoms with Gasteiger partial charge in [-0.2, -0.15) is 0 Å². The Hall–Kier alpha value is -0.960. The van der Waals surface area contributed by atoms with Gasteiger partial charge >= 0.3 is 0 Å². The Bertz CT molecular complexity index is 443. The fourth-order valence-corrected chi connectivity index (χ4v) is 2.93. The van der Waals surface area contributed by atoms with E-state index in [2.05, 4.69) is 6.92 Å². The van der Waals surface area contributed by atoms with Crippen molar-refractivity contribution in [3.8, 4) is 0 Å². The molecular formula is C19H30F2O. The quantitative estimate of drug-likeness (QED) is 0.466. The molecule has 22 heavy (non-hydrogen) atoms. The first-order chi connectivity index (χ1) is 10.4. The maximum atomic E-state index is 14.1. The lowest BCUT2D eigenvalue weighted by Gasteiger charge is -2.34. The third kappa shape index (κ3) is 5.68. The summed E-state index contributed by atoms with van der Waals surface area (Å²) in [7, 11) is 1.65. The van der Waals surface area contributed by atoms with E-state index in [0.29, 0.717) is 5.56 Å². The summed E-state index contributed by atoms with van der Waals surface area (Å²) in [5.41, 5.74) is 0.0871. The van der Waals surface area contributed by atoms with E-state index in [0.717, 1.165) is 25.3 Å². The van der Waals surface area contributed by atoms with Gasteiger partial charge in [-0.3, -0.25) is 0 Å². The van der Waals surface area contributed by atoms with E-state index < -0.39 is 17.2 Å². The minimum atomic E-state index is -0.533. The summed E-state index contributed by atoms with van der Waals surface area (Å²) in [6.07, 6.45) is 8.05. The largest absolute Gasteiger partial charge is 0.378 e. The van der Waals surface area contributed by atoms with Gasteiger partial charge in [-0.15, -0.1) is 0 Å². The molecule has 0 amide bonds. The minimum absolute atomic E-state index is 0.0655. The van der Waals surface area contributed by atoms with E-state index in [-0.39, 0.29) is 5.92 Å². The molecule has 1 aromatic rings. The van der Waals surface area contributed by atoms with E-state index in [9.17, 15) is 8.78 Å². The molecule has 3 heteroatoms. The molecule has 0 aliphatic heterocycles. The number of benzene rings is 1. The van der Waals surface area contributed by atoms with E-state index in [1.165, 1.54) is 31.7 Å². The van der Waals surface area contributed by atoms with Gasteiger partial charge in [-0.1, -0.05) is 51.5 Å². The molecular weight excluding hydrogens is 282 g/mol. The molecule has 0 bridgehead atoms. The van der Waals surface area contributed by atoms with Gasteiger partial charge in [0.1, 0.15) is 11.6 Å². The van der Waals surface area contributed by atoms with Crippen molar-refractivity contribution in [1.29, 1.82) is 0 Å². The maximum absolute atomic E-state index is 14.1. The van der Waals surface area contributed by atoms with Crippen molar-refractivity contribution in [1.82, 2.24) is 0 Å². The Morgan fingerprint density at radius 3 is 2.27 bits per heavy atom. The van der Waals surface area contributed by atoms with Crippen LogP contribution < -0.4 is 0 Å². The molecule has 0 aliphatic carbocycles. The second kappa shape index (κ2) is 9.24. The average molecular weight is 312 g/mol. The van der Waals surface area contributed by atoms with Crippen LogP contribution in [0, 0.1) is 11.6 Å². The Morgan fingerprint density at radius 2 is 1.68 bits per heavy atom. The van der Waals surface area contributed by atoms with E-state index >= 15 is 0 Å². The Balaban J connectivity index is 2.73. The highest BCUT2D eigenvalue weighted by atomic mass is 19.1. The van der Waals surface area contributed by atoms with Crippen molar-refractivity contribution in [3.63, 3.8) is 0 Å². The first kappa shape index (κ1) is 19.1. The smallest absolute Gasteiger partial charge is 0.129 e. The lowest BCUT2D eigenvalue weighted by atomic mass is 9.80. The Morgan fingerprint density at radius 1 is 1.05 bits per heavy atom. The molecule has 0 fully saturated rings. The predicted octanol–water partition coefficient (Wildman–Crippen LogP) is 6.22. The van der Waals surface area contributed by atoms with E-state index in [4.69, 9.17) is 4.74 Å². The summed E-state index contributed by atoms with van der Waals surface area (Å²) >= 11 is 0. The molecule has 1 unspecified atom stereocenters. The SMILES string of the molecule is CCCCCCCCC(c1ccc(F)cc1F)C(C)(C)OC. The Labute approximate surface area is 134 Å². The highest BCUT2D eigenvalue weighted by Crippen LogP contribution is 2.36. The molecule has 0 N–H and O–H groups in total. The number of unbranched alkanes of at least 4 members (excludes halogenated alkanes) is 5. The van der Waals surface area contributed by atoms with Crippen molar-refractivity contribution < 1.29 is 13.5 Å². The second-order valence-electron chi connectivity index (χ2n) is 6.58. The molecule has 0 saturated heterocycles. The standard InChI is InChI=1S/C19H30F2O/c1-5-6-7-8-9-10-11-17(19(2,3)22-4)16-13-12-15(20)14-18(16)21/h12-14,17H,5-11H2,1-4H3. The summed E-state index contributed by atoms with van der Waals surface area (Å²) in [6, 6.07) is 3.86. The number of rotatable bonds is 10. The zero-order valence-electron chi connectivity index (χ0n) is 14.4. The van der Waals surface area contributed by atoms with Gasteiger partial charge in [0.2, 0.25) is 0 Å². The van der Waals surface area contributed by atoms with Crippen LogP contribution in [0.15, 0.2) is 18.2 Å². The highest BCUT2D eigenvalue weighted by molar-refractivity contribution is 5.25. The molecule has 126 valence electrons. The van der Waals surface area contributed by atoms with Crippen molar-refractivity contribution in [2.45, 2.75) is 77.2 Å². The summed E-state index contributed by atoms with van der Waals surface area (Å²) in [6.45, 7) is 6.14. The molecule has 1 rings (SSSR count). The number of ether oxygens (including phenoxy) is 1. The van der Waals surface area contributed by atoms with E-state index in [1.54, 1.807) is 13.2 Å². The van der Waals surface area contributed by atoms with Crippen molar-refractivity contribution in [2.75, 3.05) is 7.11 Å². The second-order valence-corrected chi connectivity index (χ2v) is 6.58. The van der Waals surface area contributed by atoms with Gasteiger partial charge in [-0.05, 0) is 31.9 Å². The third-order valence-corrected chi connectivity index (χ3v) is 4.55. The lowest BCUT2D eigenvalue weighted by Crippen LogP contribution is -2.32. The van der Waals surface area contributed by atoms with Crippen LogP contribution in [0.2, 0.25) is 0 Å². The molecule has 0 aliphatic rings. The fourth-order valence-electron chi connectivity index (χ4n) is 2.93. The van der Waals surface area contributed by atoms with Crippen molar-refractivity contribution >= 4 is 0 Å². The van der Waals surface area contributed by atoms with Crippen LogP contribution in [0.5, 0.6) is 0 Å². The maximum Gasteiger partial charge on any atom is 0.129 e. The first-order valence-corrected chi connectivity index (χ1v) is 8.42. The van der Waals surface area contributed by atoms with Crippen molar-refractivity contribution in [3.05, 3.63) is 35.4 Å². The number of hydrogen-bond donors (Lipinski definition) is 0. The summed E-state index contributed by atoms with van der Waals surface area (Å²) in [5.74, 6) is -1.07. The molecule has 0 heterocycles. The van der Waals surface area contributed by atoms with Crippen LogP contribution in [0.4, 0.5) is 8.78 Å². The molecule has 0 saturated carbocycles. The van der Waals surface area contributed by atoms with Gasteiger partial charge < -0.3 is 4.74 Å². The summed E-state index contributed by atoms with van der Waals surface area (Å²) in [5, 5.41) is 0. The number of halogens is 2. The minimum Gasteiger partial charge on any atom is -0.378 e. The van der Waals surface area contributed by atoms with Crippen LogP contribution in [0.1, 0.15) is 77.2 Å². The summed E-state index contributed by atoms with van der Waals surface area (Å²) in [4.78, 5) is 0. The zero-order valence-corrected chi connectivity index (χ0v) is 14.4. The first-order valence-electron chi connectivity index (χ1n) is 8.42. The van der Waals surface area contributed by atoms with Crippen LogP contribution in [0.3, 0.4) is 0 Å². The van der Waals surface area contributed by atoms with Gasteiger partial charge in [-0.25, -0.2) is 8.78 Å². The van der Waals surface area contributed by atoms with Gasteiger partial charge in [0.15, 0.2) is 0 Å². The van der Waals surface area contributed by atoms with Gasteiger partial charge in [0, 0.05) is 19.1 Å². The molecule has 0 spiro atoms. The highest BCUT2D eigenvalue weighted by Gasteiger charge is 2.32. The predicted molar refractivity (Wildman–Crippen MR) is 88.2 cm³/mol. The van der Waals surface area contributed by atoms with E-state index in [1.807, 2.05) is 13.8 Å². The molecule has 1 nitrogen and oxygen atoms in total.